The molecule has 0 saturated carbocycles. The second-order valence-electron chi connectivity index (χ2n) is 5.74. The van der Waals surface area contributed by atoms with Crippen molar-refractivity contribution in [1.82, 2.24) is 14.6 Å². The maximum absolute atomic E-state index is 12.1. The van der Waals surface area contributed by atoms with Crippen LogP contribution in [0.1, 0.15) is 18.1 Å². The Bertz CT molecular complexity index is 765. The SMILES string of the molecule is CC(=O)N(CCNS(=O)(=O)CCc1ccccc1)Cc1ccncc1. The van der Waals surface area contributed by atoms with Gasteiger partial charge in [0.15, 0.2) is 0 Å². The number of nitrogens with one attached hydrogen (secondary N) is 1. The van der Waals surface area contributed by atoms with Gasteiger partial charge in [-0.15, -0.1) is 0 Å². The Morgan fingerprint density at radius 1 is 1.08 bits per heavy atom. The summed E-state index contributed by atoms with van der Waals surface area (Å²) in [6.45, 7) is 2.43. The quantitative estimate of drug-likeness (QED) is 0.736. The molecule has 0 atom stereocenters. The molecule has 0 radical (unpaired) electrons. The van der Waals surface area contributed by atoms with Gasteiger partial charge in [-0.2, -0.15) is 0 Å². The van der Waals surface area contributed by atoms with E-state index in [-0.39, 0.29) is 18.2 Å². The minimum atomic E-state index is -3.37. The van der Waals surface area contributed by atoms with Crippen LogP contribution >= 0.6 is 0 Å². The van der Waals surface area contributed by atoms with Crippen molar-refractivity contribution in [3.63, 3.8) is 0 Å². The Hall–Kier alpha value is -2.25. The number of carbonyl (C=O) groups is 1. The van der Waals surface area contributed by atoms with E-state index in [1.54, 1.807) is 17.3 Å². The molecule has 7 heteroatoms. The summed E-state index contributed by atoms with van der Waals surface area (Å²) < 4.78 is 26.7. The van der Waals surface area contributed by atoms with E-state index in [2.05, 4.69) is 9.71 Å². The lowest BCUT2D eigenvalue weighted by Crippen LogP contribution is -2.38. The van der Waals surface area contributed by atoms with Gasteiger partial charge in [0, 0.05) is 39.0 Å². The highest BCUT2D eigenvalue weighted by Gasteiger charge is 2.13. The topological polar surface area (TPSA) is 79.4 Å². The van der Waals surface area contributed by atoms with Gasteiger partial charge in [0.1, 0.15) is 0 Å². The van der Waals surface area contributed by atoms with Crippen LogP contribution in [0.4, 0.5) is 0 Å². The van der Waals surface area contributed by atoms with Crippen LogP contribution < -0.4 is 4.72 Å². The molecule has 25 heavy (non-hydrogen) atoms. The molecule has 2 aromatic rings. The van der Waals surface area contributed by atoms with E-state index in [1.807, 2.05) is 42.5 Å². The summed E-state index contributed by atoms with van der Waals surface area (Å²) in [5.74, 6) is -0.0677. The molecule has 1 aromatic heterocycles. The molecule has 0 aliphatic heterocycles. The maximum atomic E-state index is 12.1. The first kappa shape index (κ1) is 19.1. The number of aromatic nitrogens is 1. The molecule has 2 rings (SSSR count). The maximum Gasteiger partial charge on any atom is 0.219 e. The third-order valence-corrected chi connectivity index (χ3v) is 5.16. The highest BCUT2D eigenvalue weighted by Crippen LogP contribution is 2.04. The number of benzene rings is 1. The predicted molar refractivity (Wildman–Crippen MR) is 97.3 cm³/mol. The zero-order chi connectivity index (χ0) is 18.1. The first-order valence-corrected chi connectivity index (χ1v) is 9.77. The van der Waals surface area contributed by atoms with Crippen molar-refractivity contribution in [3.8, 4) is 0 Å². The average Bonchev–Trinajstić information content (AvgIpc) is 2.61. The standard InChI is InChI=1S/C18H23N3O3S/c1-16(22)21(15-18-7-10-19-11-8-18)13-12-20-25(23,24)14-9-17-5-3-2-4-6-17/h2-8,10-11,20H,9,12-15H2,1H3. The predicted octanol–water partition coefficient (Wildman–Crippen LogP) is 1.59. The molecule has 0 fully saturated rings. The van der Waals surface area contributed by atoms with E-state index in [9.17, 15) is 13.2 Å². The molecular formula is C18H23N3O3S. The molecule has 0 spiro atoms. The molecule has 0 aliphatic carbocycles. The van der Waals surface area contributed by atoms with E-state index in [1.165, 1.54) is 6.92 Å². The normalized spacial score (nSPS) is 11.2. The van der Waals surface area contributed by atoms with Crippen LogP contribution in [0.5, 0.6) is 0 Å². The third kappa shape index (κ3) is 7.03. The largest absolute Gasteiger partial charge is 0.337 e. The van der Waals surface area contributed by atoms with Crippen molar-refractivity contribution >= 4 is 15.9 Å². The van der Waals surface area contributed by atoms with Gasteiger partial charge in [0.05, 0.1) is 5.75 Å². The van der Waals surface area contributed by atoms with Crippen LogP contribution in [0, 0.1) is 0 Å². The number of hydrogen-bond acceptors (Lipinski definition) is 4. The number of carbonyl (C=O) groups excluding carboxylic acids is 1. The van der Waals surface area contributed by atoms with Crippen molar-refractivity contribution in [1.29, 1.82) is 0 Å². The lowest BCUT2D eigenvalue weighted by atomic mass is 10.2. The number of nitrogens with zero attached hydrogens (tertiary/aromatic N) is 2. The number of aryl methyl sites for hydroxylation is 1. The van der Waals surface area contributed by atoms with Gasteiger partial charge in [-0.05, 0) is 29.7 Å². The fraction of sp³-hybridized carbons (Fsp3) is 0.333. The van der Waals surface area contributed by atoms with E-state index >= 15 is 0 Å². The van der Waals surface area contributed by atoms with Gasteiger partial charge in [0.25, 0.3) is 0 Å². The van der Waals surface area contributed by atoms with E-state index in [4.69, 9.17) is 0 Å². The van der Waals surface area contributed by atoms with Gasteiger partial charge in [-0.25, -0.2) is 13.1 Å². The molecule has 1 amide bonds. The lowest BCUT2D eigenvalue weighted by molar-refractivity contribution is -0.129. The monoisotopic (exact) mass is 361 g/mol. The Morgan fingerprint density at radius 2 is 1.76 bits per heavy atom. The highest BCUT2D eigenvalue weighted by molar-refractivity contribution is 7.89. The third-order valence-electron chi connectivity index (χ3n) is 3.77. The first-order chi connectivity index (χ1) is 12.0. The molecule has 0 bridgehead atoms. The highest BCUT2D eigenvalue weighted by atomic mass is 32.2. The summed E-state index contributed by atoms with van der Waals surface area (Å²) >= 11 is 0. The van der Waals surface area contributed by atoms with Crippen molar-refractivity contribution in [2.45, 2.75) is 19.9 Å². The van der Waals surface area contributed by atoms with E-state index in [0.717, 1.165) is 11.1 Å². The van der Waals surface area contributed by atoms with Gasteiger partial charge < -0.3 is 4.90 Å². The fourth-order valence-electron chi connectivity index (χ4n) is 2.36. The molecule has 0 unspecified atom stereocenters. The lowest BCUT2D eigenvalue weighted by Gasteiger charge is -2.21. The second kappa shape index (κ2) is 9.29. The van der Waals surface area contributed by atoms with E-state index in [0.29, 0.717) is 19.5 Å². The van der Waals surface area contributed by atoms with Crippen LogP contribution in [0.2, 0.25) is 0 Å². The van der Waals surface area contributed by atoms with Gasteiger partial charge >= 0.3 is 0 Å². The molecule has 0 aliphatic rings. The summed E-state index contributed by atoms with van der Waals surface area (Å²) in [4.78, 5) is 17.3. The number of sulfonamides is 1. The van der Waals surface area contributed by atoms with Crippen molar-refractivity contribution in [2.24, 2.45) is 0 Å². The minimum Gasteiger partial charge on any atom is -0.337 e. The molecular weight excluding hydrogens is 338 g/mol. The zero-order valence-corrected chi connectivity index (χ0v) is 15.1. The van der Waals surface area contributed by atoms with Crippen LogP contribution in [0.15, 0.2) is 54.9 Å². The molecule has 6 nitrogen and oxygen atoms in total. The summed E-state index contributed by atoms with van der Waals surface area (Å²) in [5, 5.41) is 0. The smallest absolute Gasteiger partial charge is 0.219 e. The number of pyridine rings is 1. The fourth-order valence-corrected chi connectivity index (χ4v) is 3.41. The Kier molecular flexibility index (Phi) is 7.09. The molecule has 0 saturated heterocycles. The summed E-state index contributed by atoms with van der Waals surface area (Å²) in [7, 11) is -3.37. The first-order valence-electron chi connectivity index (χ1n) is 8.12. The van der Waals surface area contributed by atoms with Crippen molar-refractivity contribution in [3.05, 3.63) is 66.0 Å². The van der Waals surface area contributed by atoms with Crippen LogP contribution in [0.3, 0.4) is 0 Å². The Labute approximate surface area is 148 Å². The Morgan fingerprint density at radius 3 is 2.40 bits per heavy atom. The van der Waals surface area contributed by atoms with Gasteiger partial charge in [-0.1, -0.05) is 30.3 Å². The van der Waals surface area contributed by atoms with E-state index < -0.39 is 10.0 Å². The summed E-state index contributed by atoms with van der Waals surface area (Å²) in [6, 6.07) is 13.2. The summed E-state index contributed by atoms with van der Waals surface area (Å²) in [5.41, 5.74) is 1.94. The molecule has 1 aromatic carbocycles. The van der Waals surface area contributed by atoms with Crippen LogP contribution in [0.25, 0.3) is 0 Å². The summed E-state index contributed by atoms with van der Waals surface area (Å²) in [6.07, 6.45) is 3.80. The molecule has 134 valence electrons. The molecule has 1 N–H and O–H groups in total. The molecule has 1 heterocycles. The van der Waals surface area contributed by atoms with Crippen LogP contribution in [-0.2, 0) is 27.8 Å². The van der Waals surface area contributed by atoms with Crippen molar-refractivity contribution in [2.75, 3.05) is 18.8 Å². The minimum absolute atomic E-state index is 0.0292. The number of rotatable bonds is 9. The second-order valence-corrected chi connectivity index (χ2v) is 7.67. The van der Waals surface area contributed by atoms with Crippen molar-refractivity contribution < 1.29 is 13.2 Å². The average molecular weight is 361 g/mol. The van der Waals surface area contributed by atoms with Crippen LogP contribution in [-0.4, -0.2) is 43.1 Å². The number of amides is 1. The number of hydrogen-bond donors (Lipinski definition) is 1. The van der Waals surface area contributed by atoms with Gasteiger partial charge in [0.2, 0.25) is 15.9 Å². The Balaban J connectivity index is 1.81. The zero-order valence-electron chi connectivity index (χ0n) is 14.3. The van der Waals surface area contributed by atoms with Gasteiger partial charge in [-0.3, -0.25) is 9.78 Å².